The molecule has 26 heavy (non-hydrogen) atoms. The van der Waals surface area contributed by atoms with Gasteiger partial charge in [-0.2, -0.15) is 0 Å². The Morgan fingerprint density at radius 3 is 2.65 bits per heavy atom. The van der Waals surface area contributed by atoms with Crippen LogP contribution in [-0.2, 0) is 14.3 Å². The standard InChI is InChI=1S/C19H19ClN2O4/c1-3-25-15-9-6-14(7-10-15)8-11-17(23)26-13(2)19(24)22-16-5-4-12-21-18(16)20/h4-13H,3H2,1-2H3,(H,22,24)/b11-8+/t13-/m1/s1. The van der Waals surface area contributed by atoms with Gasteiger partial charge in [0.25, 0.3) is 5.91 Å². The molecule has 136 valence electrons. The molecule has 1 atom stereocenters. The summed E-state index contributed by atoms with van der Waals surface area (Å²) in [7, 11) is 0. The molecule has 0 spiro atoms. The van der Waals surface area contributed by atoms with Gasteiger partial charge in [0.15, 0.2) is 11.3 Å². The molecule has 0 aliphatic heterocycles. The first-order valence-corrected chi connectivity index (χ1v) is 8.40. The Bertz CT molecular complexity index is 790. The van der Waals surface area contributed by atoms with Crippen LogP contribution < -0.4 is 10.1 Å². The minimum atomic E-state index is -0.983. The molecule has 6 nitrogen and oxygen atoms in total. The molecule has 1 N–H and O–H groups in total. The fourth-order valence-electron chi connectivity index (χ4n) is 1.99. The number of anilines is 1. The Morgan fingerprint density at radius 2 is 2.00 bits per heavy atom. The van der Waals surface area contributed by atoms with Crippen molar-refractivity contribution in [3.8, 4) is 5.75 Å². The van der Waals surface area contributed by atoms with Gasteiger partial charge >= 0.3 is 5.97 Å². The number of aromatic nitrogens is 1. The predicted octanol–water partition coefficient (Wildman–Crippen LogP) is 3.72. The largest absolute Gasteiger partial charge is 0.494 e. The van der Waals surface area contributed by atoms with Crippen molar-refractivity contribution in [2.24, 2.45) is 0 Å². The number of nitrogens with one attached hydrogen (secondary N) is 1. The van der Waals surface area contributed by atoms with Gasteiger partial charge in [-0.05, 0) is 49.8 Å². The normalized spacial score (nSPS) is 11.8. The molecule has 7 heteroatoms. The smallest absolute Gasteiger partial charge is 0.331 e. The zero-order valence-corrected chi connectivity index (χ0v) is 15.2. The summed E-state index contributed by atoms with van der Waals surface area (Å²) in [6.45, 7) is 3.97. The maximum Gasteiger partial charge on any atom is 0.331 e. The van der Waals surface area contributed by atoms with Crippen LogP contribution in [0, 0.1) is 0 Å². The third-order valence-electron chi connectivity index (χ3n) is 3.28. The number of rotatable bonds is 7. The monoisotopic (exact) mass is 374 g/mol. The first-order valence-electron chi connectivity index (χ1n) is 8.02. The van der Waals surface area contributed by atoms with Gasteiger partial charge in [0.2, 0.25) is 0 Å². The van der Waals surface area contributed by atoms with Gasteiger partial charge < -0.3 is 14.8 Å². The molecular weight excluding hydrogens is 356 g/mol. The van der Waals surface area contributed by atoms with Gasteiger partial charge in [-0.15, -0.1) is 0 Å². The number of pyridine rings is 1. The average molecular weight is 375 g/mol. The summed E-state index contributed by atoms with van der Waals surface area (Å²) in [5, 5.41) is 2.72. The molecule has 2 aromatic rings. The van der Waals surface area contributed by atoms with Crippen molar-refractivity contribution in [2.45, 2.75) is 20.0 Å². The molecule has 0 bridgehead atoms. The van der Waals surface area contributed by atoms with E-state index in [9.17, 15) is 9.59 Å². The number of carbonyl (C=O) groups is 2. The zero-order valence-electron chi connectivity index (χ0n) is 14.4. The third kappa shape index (κ3) is 5.89. The first-order chi connectivity index (χ1) is 12.5. The summed E-state index contributed by atoms with van der Waals surface area (Å²) >= 11 is 5.87. The molecular formula is C19H19ClN2O4. The lowest BCUT2D eigenvalue weighted by Crippen LogP contribution is -2.29. The number of esters is 1. The maximum atomic E-state index is 12.1. The highest BCUT2D eigenvalue weighted by atomic mass is 35.5. The van der Waals surface area contributed by atoms with Gasteiger partial charge in [0.1, 0.15) is 5.75 Å². The number of hydrogen-bond donors (Lipinski definition) is 1. The Morgan fingerprint density at radius 1 is 1.27 bits per heavy atom. The van der Waals surface area contributed by atoms with E-state index < -0.39 is 18.0 Å². The van der Waals surface area contributed by atoms with Crippen LogP contribution in [0.5, 0.6) is 5.75 Å². The van der Waals surface area contributed by atoms with Gasteiger partial charge in [-0.25, -0.2) is 9.78 Å². The van der Waals surface area contributed by atoms with Gasteiger partial charge in [0, 0.05) is 12.3 Å². The van der Waals surface area contributed by atoms with Crippen molar-refractivity contribution in [1.29, 1.82) is 0 Å². The lowest BCUT2D eigenvalue weighted by atomic mass is 10.2. The highest BCUT2D eigenvalue weighted by Gasteiger charge is 2.17. The van der Waals surface area contributed by atoms with Crippen LogP contribution in [-0.4, -0.2) is 29.6 Å². The Hall–Kier alpha value is -2.86. The van der Waals surface area contributed by atoms with Crippen LogP contribution in [0.3, 0.4) is 0 Å². The van der Waals surface area contributed by atoms with E-state index in [1.165, 1.54) is 19.2 Å². The number of nitrogens with zero attached hydrogens (tertiary/aromatic N) is 1. The minimum absolute atomic E-state index is 0.162. The fraction of sp³-hybridized carbons (Fsp3) is 0.211. The van der Waals surface area contributed by atoms with Crippen molar-refractivity contribution >= 4 is 35.2 Å². The van der Waals surface area contributed by atoms with E-state index in [1.807, 2.05) is 31.2 Å². The quantitative estimate of drug-likeness (QED) is 0.454. The molecule has 1 aromatic heterocycles. The second kappa shape index (κ2) is 9.58. The van der Waals surface area contributed by atoms with Crippen molar-refractivity contribution in [3.05, 3.63) is 59.4 Å². The second-order valence-corrected chi connectivity index (χ2v) is 5.60. The molecule has 1 heterocycles. The molecule has 0 saturated carbocycles. The SMILES string of the molecule is CCOc1ccc(/C=C/C(=O)O[C@H](C)C(=O)Nc2cccnc2Cl)cc1. The number of halogens is 1. The first kappa shape index (κ1) is 19.5. The Balaban J connectivity index is 1.87. The zero-order chi connectivity index (χ0) is 18.9. The number of carbonyl (C=O) groups excluding carboxylic acids is 2. The van der Waals surface area contributed by atoms with E-state index in [2.05, 4.69) is 10.3 Å². The Labute approximate surface area is 156 Å². The van der Waals surface area contributed by atoms with E-state index in [1.54, 1.807) is 18.2 Å². The van der Waals surface area contributed by atoms with E-state index in [0.29, 0.717) is 12.3 Å². The summed E-state index contributed by atoms with van der Waals surface area (Å²) in [6.07, 6.45) is 3.38. The number of ether oxygens (including phenoxy) is 2. The van der Waals surface area contributed by atoms with Crippen LogP contribution >= 0.6 is 11.6 Å². The fourth-order valence-corrected chi connectivity index (χ4v) is 2.15. The van der Waals surface area contributed by atoms with E-state index in [4.69, 9.17) is 21.1 Å². The predicted molar refractivity (Wildman–Crippen MR) is 100 cm³/mol. The lowest BCUT2D eigenvalue weighted by Gasteiger charge is -2.12. The summed E-state index contributed by atoms with van der Waals surface area (Å²) in [6, 6.07) is 10.5. The average Bonchev–Trinajstić information content (AvgIpc) is 2.63. The van der Waals surface area contributed by atoms with Crippen molar-refractivity contribution in [2.75, 3.05) is 11.9 Å². The maximum absolute atomic E-state index is 12.1. The van der Waals surface area contributed by atoms with Gasteiger partial charge in [-0.1, -0.05) is 23.7 Å². The topological polar surface area (TPSA) is 77.5 Å². The van der Waals surface area contributed by atoms with Crippen LogP contribution in [0.1, 0.15) is 19.4 Å². The number of hydrogen-bond acceptors (Lipinski definition) is 5. The molecule has 0 radical (unpaired) electrons. The summed E-state index contributed by atoms with van der Waals surface area (Å²) in [5.74, 6) is -0.367. The van der Waals surface area contributed by atoms with E-state index >= 15 is 0 Å². The number of amides is 1. The molecule has 0 fully saturated rings. The third-order valence-corrected chi connectivity index (χ3v) is 3.58. The van der Waals surface area contributed by atoms with Crippen molar-refractivity contribution < 1.29 is 19.1 Å². The number of benzene rings is 1. The molecule has 0 aliphatic carbocycles. The molecule has 0 saturated heterocycles. The van der Waals surface area contributed by atoms with E-state index in [-0.39, 0.29) is 5.15 Å². The highest BCUT2D eigenvalue weighted by Crippen LogP contribution is 2.18. The molecule has 2 rings (SSSR count). The van der Waals surface area contributed by atoms with Gasteiger partial charge in [-0.3, -0.25) is 4.79 Å². The van der Waals surface area contributed by atoms with Crippen LogP contribution in [0.4, 0.5) is 5.69 Å². The summed E-state index contributed by atoms with van der Waals surface area (Å²) < 4.78 is 10.4. The van der Waals surface area contributed by atoms with E-state index in [0.717, 1.165) is 11.3 Å². The molecule has 1 aromatic carbocycles. The molecule has 0 unspecified atom stereocenters. The Kier molecular flexibility index (Phi) is 7.17. The van der Waals surface area contributed by atoms with Crippen LogP contribution in [0.2, 0.25) is 5.15 Å². The lowest BCUT2D eigenvalue weighted by molar-refractivity contribution is -0.148. The van der Waals surface area contributed by atoms with Crippen LogP contribution in [0.25, 0.3) is 6.08 Å². The molecule has 0 aliphatic rings. The summed E-state index contributed by atoms with van der Waals surface area (Å²) in [5.41, 5.74) is 1.16. The van der Waals surface area contributed by atoms with Crippen LogP contribution in [0.15, 0.2) is 48.7 Å². The highest BCUT2D eigenvalue weighted by molar-refractivity contribution is 6.32. The summed E-state index contributed by atoms with van der Waals surface area (Å²) in [4.78, 5) is 27.8. The van der Waals surface area contributed by atoms with Crippen molar-refractivity contribution in [1.82, 2.24) is 4.98 Å². The minimum Gasteiger partial charge on any atom is -0.494 e. The molecule has 1 amide bonds. The second-order valence-electron chi connectivity index (χ2n) is 5.25. The van der Waals surface area contributed by atoms with Crippen molar-refractivity contribution in [3.63, 3.8) is 0 Å². The van der Waals surface area contributed by atoms with Gasteiger partial charge in [0.05, 0.1) is 12.3 Å².